The summed E-state index contributed by atoms with van der Waals surface area (Å²) in [4.78, 5) is 33.8. The molecule has 1 amide bonds. The van der Waals surface area contributed by atoms with E-state index in [0.29, 0.717) is 23.3 Å². The first-order chi connectivity index (χ1) is 16.9. The van der Waals surface area contributed by atoms with E-state index in [2.05, 4.69) is 0 Å². The zero-order valence-electron chi connectivity index (χ0n) is 20.7. The van der Waals surface area contributed by atoms with Crippen LogP contribution in [0.4, 0.5) is 0 Å². The number of hydrogen-bond acceptors (Lipinski definition) is 3. The van der Waals surface area contributed by atoms with Crippen LogP contribution in [0.15, 0.2) is 83.7 Å². The summed E-state index contributed by atoms with van der Waals surface area (Å²) in [6, 6.07) is 22.7. The molecule has 0 spiro atoms. The van der Waals surface area contributed by atoms with Crippen LogP contribution in [-0.4, -0.2) is 26.9 Å². The SMILES string of the molecule is CCCN(C(=O)/C=C/c1ccccc1)C(C)c1nc2ccccc2c(=O)n1-c1ccc(C)c(C)c1. The Kier molecular flexibility index (Phi) is 7.25. The van der Waals surface area contributed by atoms with Crippen molar-refractivity contribution in [3.63, 3.8) is 0 Å². The van der Waals surface area contributed by atoms with Gasteiger partial charge in [-0.2, -0.15) is 0 Å². The minimum absolute atomic E-state index is 0.114. The standard InChI is InChI=1S/C30H31N3O2/c1-5-19-32(28(34)18-16-24-11-7-6-8-12-24)23(4)29-31-27-14-10-9-13-26(27)30(35)33(29)25-17-15-21(2)22(3)20-25/h6-18,20,23H,5,19H2,1-4H3/b18-16+. The summed E-state index contributed by atoms with van der Waals surface area (Å²) in [6.45, 7) is 8.61. The van der Waals surface area contributed by atoms with Gasteiger partial charge in [0.25, 0.3) is 5.56 Å². The van der Waals surface area contributed by atoms with Gasteiger partial charge in [-0.05, 0) is 74.2 Å². The third kappa shape index (κ3) is 5.09. The van der Waals surface area contributed by atoms with E-state index in [1.54, 1.807) is 21.6 Å². The minimum atomic E-state index is -0.415. The Labute approximate surface area is 206 Å². The fourth-order valence-electron chi connectivity index (χ4n) is 4.25. The summed E-state index contributed by atoms with van der Waals surface area (Å²) >= 11 is 0. The molecule has 0 bridgehead atoms. The molecule has 3 aromatic carbocycles. The average Bonchev–Trinajstić information content (AvgIpc) is 2.88. The van der Waals surface area contributed by atoms with Crippen molar-refractivity contribution in [1.82, 2.24) is 14.5 Å². The molecule has 1 unspecified atom stereocenters. The number of nitrogens with zero attached hydrogens (tertiary/aromatic N) is 3. The second kappa shape index (κ2) is 10.5. The van der Waals surface area contributed by atoms with Crippen molar-refractivity contribution in [1.29, 1.82) is 0 Å². The molecule has 0 aliphatic rings. The molecule has 1 aromatic heterocycles. The van der Waals surface area contributed by atoms with Crippen LogP contribution in [0.25, 0.3) is 22.7 Å². The van der Waals surface area contributed by atoms with Crippen LogP contribution in [0.1, 0.15) is 48.8 Å². The molecule has 5 heteroatoms. The molecular formula is C30H31N3O2. The van der Waals surface area contributed by atoms with Gasteiger partial charge in [-0.1, -0.05) is 55.5 Å². The first-order valence-electron chi connectivity index (χ1n) is 12.0. The number of carbonyl (C=O) groups is 1. The molecule has 0 aliphatic heterocycles. The molecule has 5 nitrogen and oxygen atoms in total. The lowest BCUT2D eigenvalue weighted by Gasteiger charge is -2.29. The van der Waals surface area contributed by atoms with Gasteiger partial charge in [0, 0.05) is 12.6 Å². The highest BCUT2D eigenvalue weighted by atomic mass is 16.2. The first-order valence-corrected chi connectivity index (χ1v) is 12.0. The average molecular weight is 466 g/mol. The predicted octanol–water partition coefficient (Wildman–Crippen LogP) is 6.02. The first kappa shape index (κ1) is 24.1. The number of fused-ring (bicyclic) bond motifs is 1. The number of aromatic nitrogens is 2. The van der Waals surface area contributed by atoms with Gasteiger partial charge in [-0.15, -0.1) is 0 Å². The maximum Gasteiger partial charge on any atom is 0.266 e. The molecule has 35 heavy (non-hydrogen) atoms. The normalized spacial score (nSPS) is 12.2. The van der Waals surface area contributed by atoms with Gasteiger partial charge < -0.3 is 4.90 Å². The van der Waals surface area contributed by atoms with Crippen molar-refractivity contribution in [2.24, 2.45) is 0 Å². The van der Waals surface area contributed by atoms with Gasteiger partial charge in [-0.25, -0.2) is 4.98 Å². The molecule has 1 atom stereocenters. The van der Waals surface area contributed by atoms with E-state index in [1.165, 1.54) is 0 Å². The zero-order chi connectivity index (χ0) is 24.9. The second-order valence-electron chi connectivity index (χ2n) is 8.85. The summed E-state index contributed by atoms with van der Waals surface area (Å²) < 4.78 is 1.66. The Balaban J connectivity index is 1.84. The monoisotopic (exact) mass is 465 g/mol. The van der Waals surface area contributed by atoms with Crippen LogP contribution in [0, 0.1) is 13.8 Å². The summed E-state index contributed by atoms with van der Waals surface area (Å²) in [6.07, 6.45) is 4.21. The summed E-state index contributed by atoms with van der Waals surface area (Å²) in [5.41, 5.74) is 4.45. The van der Waals surface area contributed by atoms with Crippen molar-refractivity contribution in [3.8, 4) is 5.69 Å². The van der Waals surface area contributed by atoms with E-state index >= 15 is 0 Å². The van der Waals surface area contributed by atoms with Crippen LogP contribution in [0.5, 0.6) is 0 Å². The van der Waals surface area contributed by atoms with Gasteiger partial charge in [0.2, 0.25) is 5.91 Å². The lowest BCUT2D eigenvalue weighted by molar-refractivity contribution is -0.128. The van der Waals surface area contributed by atoms with Crippen LogP contribution in [0.3, 0.4) is 0 Å². The largest absolute Gasteiger partial charge is 0.329 e. The lowest BCUT2D eigenvalue weighted by Crippen LogP contribution is -2.37. The van der Waals surface area contributed by atoms with E-state index in [1.807, 2.05) is 101 Å². The Bertz CT molecular complexity index is 1440. The fourth-order valence-corrected chi connectivity index (χ4v) is 4.25. The van der Waals surface area contributed by atoms with Crippen molar-refractivity contribution in [3.05, 3.63) is 112 Å². The number of hydrogen-bond donors (Lipinski definition) is 0. The number of carbonyl (C=O) groups excluding carboxylic acids is 1. The number of amides is 1. The molecule has 0 aliphatic carbocycles. The van der Waals surface area contributed by atoms with Gasteiger partial charge in [0.15, 0.2) is 0 Å². The second-order valence-corrected chi connectivity index (χ2v) is 8.85. The van der Waals surface area contributed by atoms with Crippen LogP contribution >= 0.6 is 0 Å². The third-order valence-corrected chi connectivity index (χ3v) is 6.36. The van der Waals surface area contributed by atoms with E-state index < -0.39 is 6.04 Å². The van der Waals surface area contributed by atoms with Crippen molar-refractivity contribution in [2.75, 3.05) is 6.54 Å². The summed E-state index contributed by atoms with van der Waals surface area (Å²) in [5.74, 6) is 0.434. The molecule has 4 rings (SSSR count). The number of para-hydroxylation sites is 1. The summed E-state index contributed by atoms with van der Waals surface area (Å²) in [5, 5.41) is 0.555. The van der Waals surface area contributed by atoms with Crippen LogP contribution in [0.2, 0.25) is 0 Å². The number of rotatable bonds is 7. The van der Waals surface area contributed by atoms with Crippen LogP contribution < -0.4 is 5.56 Å². The Morgan fingerprint density at radius 1 is 1.00 bits per heavy atom. The Morgan fingerprint density at radius 2 is 1.71 bits per heavy atom. The summed E-state index contributed by atoms with van der Waals surface area (Å²) in [7, 11) is 0. The number of aryl methyl sites for hydroxylation is 2. The van der Waals surface area contributed by atoms with Gasteiger partial charge >= 0.3 is 0 Å². The zero-order valence-corrected chi connectivity index (χ0v) is 20.7. The smallest absolute Gasteiger partial charge is 0.266 e. The van der Waals surface area contributed by atoms with E-state index in [-0.39, 0.29) is 11.5 Å². The molecule has 0 radical (unpaired) electrons. The maximum absolute atomic E-state index is 13.7. The van der Waals surface area contributed by atoms with Crippen molar-refractivity contribution in [2.45, 2.75) is 40.2 Å². The highest BCUT2D eigenvalue weighted by molar-refractivity contribution is 5.92. The van der Waals surface area contributed by atoms with Crippen molar-refractivity contribution < 1.29 is 4.79 Å². The van der Waals surface area contributed by atoms with Gasteiger partial charge in [0.05, 0.1) is 22.6 Å². The molecule has 0 fully saturated rings. The molecular weight excluding hydrogens is 434 g/mol. The minimum Gasteiger partial charge on any atom is -0.329 e. The van der Waals surface area contributed by atoms with E-state index in [4.69, 9.17) is 4.98 Å². The number of benzene rings is 3. The third-order valence-electron chi connectivity index (χ3n) is 6.36. The molecule has 0 saturated carbocycles. The highest BCUT2D eigenvalue weighted by Crippen LogP contribution is 2.24. The van der Waals surface area contributed by atoms with E-state index in [0.717, 1.165) is 28.8 Å². The lowest BCUT2D eigenvalue weighted by atomic mass is 10.1. The Hall–Kier alpha value is -3.99. The fraction of sp³-hybridized carbons (Fsp3) is 0.233. The molecule has 0 N–H and O–H groups in total. The molecule has 0 saturated heterocycles. The molecule has 4 aromatic rings. The Morgan fingerprint density at radius 3 is 2.43 bits per heavy atom. The van der Waals surface area contributed by atoms with E-state index in [9.17, 15) is 9.59 Å². The van der Waals surface area contributed by atoms with Crippen molar-refractivity contribution >= 4 is 22.9 Å². The topological polar surface area (TPSA) is 55.2 Å². The molecule has 178 valence electrons. The van der Waals surface area contributed by atoms with Gasteiger partial charge in [0.1, 0.15) is 5.82 Å². The van der Waals surface area contributed by atoms with Crippen LogP contribution in [-0.2, 0) is 4.79 Å². The maximum atomic E-state index is 13.7. The molecule has 1 heterocycles. The van der Waals surface area contributed by atoms with Gasteiger partial charge in [-0.3, -0.25) is 14.2 Å². The highest BCUT2D eigenvalue weighted by Gasteiger charge is 2.25. The predicted molar refractivity (Wildman–Crippen MR) is 143 cm³/mol. The quantitative estimate of drug-likeness (QED) is 0.314.